The van der Waals surface area contributed by atoms with E-state index in [1.165, 1.54) is 31.0 Å². The number of ether oxygens (including phenoxy) is 3. The molecule has 0 saturated carbocycles. The number of carbonyl (C=O) groups excluding carboxylic acids is 5. The number of allylic oxidation sites excluding steroid dienone is 3. The van der Waals surface area contributed by atoms with Gasteiger partial charge in [0.05, 0.1) is 6.42 Å². The number of rotatable bonds is 18. The van der Waals surface area contributed by atoms with Crippen molar-refractivity contribution < 1.29 is 38.2 Å². The van der Waals surface area contributed by atoms with E-state index in [4.69, 9.17) is 14.2 Å². The molecule has 3 amide bonds. The first-order chi connectivity index (χ1) is 21.2. The summed E-state index contributed by atoms with van der Waals surface area (Å²) in [6.07, 6.45) is 5.22. The SMILES string of the molecule is C=CCOC(=O)CC(=C)[C@@H](C)[C@@H](OC(=O)CNC(=O)[C@H](C(C)C)N(C)C(=O)[C@H](C)NC(=O)OCC=C)/C(C)=C/C(C)=C/C(C)(C)C. The molecule has 0 spiro atoms. The van der Waals surface area contributed by atoms with Crippen LogP contribution in [0.15, 0.2) is 60.8 Å². The van der Waals surface area contributed by atoms with Crippen LogP contribution in [0.2, 0.25) is 0 Å². The van der Waals surface area contributed by atoms with Crippen LogP contribution in [0.3, 0.4) is 0 Å². The summed E-state index contributed by atoms with van der Waals surface area (Å²) in [5.41, 5.74) is 2.13. The number of esters is 2. The van der Waals surface area contributed by atoms with Gasteiger partial charge in [-0.2, -0.15) is 0 Å². The van der Waals surface area contributed by atoms with Crippen LogP contribution >= 0.6 is 0 Å². The summed E-state index contributed by atoms with van der Waals surface area (Å²) in [5, 5.41) is 5.00. The topological polar surface area (TPSA) is 140 Å². The molecule has 4 atom stereocenters. The summed E-state index contributed by atoms with van der Waals surface area (Å²) >= 11 is 0. The summed E-state index contributed by atoms with van der Waals surface area (Å²) < 4.78 is 15.8. The second kappa shape index (κ2) is 20.1. The van der Waals surface area contributed by atoms with Crippen LogP contribution in [0.5, 0.6) is 0 Å². The highest BCUT2D eigenvalue weighted by Gasteiger charge is 2.33. The molecule has 0 aliphatic rings. The van der Waals surface area contributed by atoms with Crippen LogP contribution in [0.4, 0.5) is 4.79 Å². The maximum absolute atomic E-state index is 13.2. The minimum atomic E-state index is -0.976. The van der Waals surface area contributed by atoms with E-state index < -0.39 is 60.5 Å². The van der Waals surface area contributed by atoms with Gasteiger partial charge in [0.2, 0.25) is 11.8 Å². The average Bonchev–Trinajstić information content (AvgIpc) is 2.94. The molecule has 2 N–H and O–H groups in total. The molecule has 46 heavy (non-hydrogen) atoms. The van der Waals surface area contributed by atoms with Gasteiger partial charge in [-0.1, -0.05) is 96.7 Å². The van der Waals surface area contributed by atoms with Gasteiger partial charge in [0.25, 0.3) is 0 Å². The minimum absolute atomic E-state index is 0.0196. The minimum Gasteiger partial charge on any atom is -0.461 e. The van der Waals surface area contributed by atoms with Crippen LogP contribution in [-0.2, 0) is 33.4 Å². The number of alkyl carbamates (subject to hydrolysis) is 1. The van der Waals surface area contributed by atoms with Gasteiger partial charge in [0.1, 0.15) is 37.9 Å². The van der Waals surface area contributed by atoms with Crippen molar-refractivity contribution in [3.63, 3.8) is 0 Å². The standard InChI is InChI=1S/C35H55N3O8/c1-14-16-44-28(39)19-24(6)26(8)31(25(7)18-23(5)20-35(10,11)12)46-29(40)21-36-32(41)30(22(3)4)38(13)33(42)27(9)37-34(43)45-17-15-2/h14-15,18,20,22,26-27,30-31H,1-2,6,16-17,19,21H2,3-5,7-13H3,(H,36,41)(H,37,43)/b23-20+,25-18+/t26-,27+,30+,31+/m1/s1. The average molecular weight is 646 g/mol. The van der Waals surface area contributed by atoms with E-state index in [1.54, 1.807) is 20.8 Å². The van der Waals surface area contributed by atoms with E-state index in [2.05, 4.69) is 57.2 Å². The van der Waals surface area contributed by atoms with Crippen LogP contribution in [0, 0.1) is 17.3 Å². The van der Waals surface area contributed by atoms with Crippen LogP contribution in [0.25, 0.3) is 0 Å². The maximum Gasteiger partial charge on any atom is 0.408 e. The summed E-state index contributed by atoms with van der Waals surface area (Å²) in [6.45, 7) is 27.4. The first kappa shape index (κ1) is 41.9. The van der Waals surface area contributed by atoms with Crippen LogP contribution in [-0.4, -0.2) is 79.7 Å². The maximum atomic E-state index is 13.2. The van der Waals surface area contributed by atoms with Crippen molar-refractivity contribution in [1.82, 2.24) is 15.5 Å². The molecule has 0 aromatic carbocycles. The molecule has 0 bridgehead atoms. The van der Waals surface area contributed by atoms with Crippen molar-refractivity contribution in [3.05, 3.63) is 60.8 Å². The molecule has 0 fully saturated rings. The number of nitrogens with zero attached hydrogens (tertiary/aromatic N) is 1. The number of carbonyl (C=O) groups is 5. The van der Waals surface area contributed by atoms with Gasteiger partial charge in [-0.25, -0.2) is 4.79 Å². The third kappa shape index (κ3) is 15.7. The van der Waals surface area contributed by atoms with Crippen molar-refractivity contribution >= 4 is 29.8 Å². The molecule has 11 nitrogen and oxygen atoms in total. The van der Waals surface area contributed by atoms with Crippen molar-refractivity contribution in [2.45, 2.75) is 86.9 Å². The lowest BCUT2D eigenvalue weighted by atomic mass is 9.88. The first-order valence-electron chi connectivity index (χ1n) is 15.3. The molecule has 0 heterocycles. The molecule has 0 aromatic rings. The van der Waals surface area contributed by atoms with E-state index in [9.17, 15) is 24.0 Å². The van der Waals surface area contributed by atoms with Crippen molar-refractivity contribution in [2.75, 3.05) is 26.8 Å². The Bertz CT molecular complexity index is 1180. The lowest BCUT2D eigenvalue weighted by Crippen LogP contribution is -2.55. The second-order valence-corrected chi connectivity index (χ2v) is 12.8. The Labute approximate surface area is 275 Å². The summed E-state index contributed by atoms with van der Waals surface area (Å²) in [6, 6.07) is -1.92. The van der Waals surface area contributed by atoms with Gasteiger partial charge >= 0.3 is 18.0 Å². The number of hydrogen-bond acceptors (Lipinski definition) is 8. The zero-order chi connectivity index (χ0) is 35.8. The predicted octanol–water partition coefficient (Wildman–Crippen LogP) is 5.05. The zero-order valence-electron chi connectivity index (χ0n) is 29.4. The quantitative estimate of drug-likeness (QED) is 0.0914. The highest BCUT2D eigenvalue weighted by atomic mass is 16.6. The number of nitrogens with one attached hydrogen (secondary N) is 2. The van der Waals surface area contributed by atoms with E-state index in [-0.39, 0.29) is 31.0 Å². The molecule has 11 heteroatoms. The van der Waals surface area contributed by atoms with E-state index >= 15 is 0 Å². The van der Waals surface area contributed by atoms with Crippen LogP contribution in [0.1, 0.15) is 68.7 Å². The van der Waals surface area contributed by atoms with Gasteiger partial charge in [0, 0.05) is 13.0 Å². The van der Waals surface area contributed by atoms with Gasteiger partial charge in [-0.3, -0.25) is 19.2 Å². The molecule has 0 aliphatic heterocycles. The molecular weight excluding hydrogens is 590 g/mol. The number of likely N-dealkylation sites (N-methyl/N-ethyl adjacent to an activating group) is 1. The monoisotopic (exact) mass is 645 g/mol. The normalized spacial score (nSPS) is 14.6. The first-order valence-corrected chi connectivity index (χ1v) is 15.3. The Morgan fingerprint density at radius 2 is 1.48 bits per heavy atom. The van der Waals surface area contributed by atoms with E-state index in [0.29, 0.717) is 5.57 Å². The van der Waals surface area contributed by atoms with Gasteiger partial charge < -0.3 is 29.7 Å². The molecule has 0 unspecified atom stereocenters. The number of amides is 3. The summed E-state index contributed by atoms with van der Waals surface area (Å²) in [7, 11) is 1.45. The largest absolute Gasteiger partial charge is 0.461 e. The predicted molar refractivity (Wildman–Crippen MR) is 179 cm³/mol. The fraction of sp³-hybridized carbons (Fsp3) is 0.571. The van der Waals surface area contributed by atoms with Crippen LogP contribution < -0.4 is 10.6 Å². The van der Waals surface area contributed by atoms with Gasteiger partial charge in [-0.15, -0.1) is 0 Å². The Hall–Kier alpha value is -4.15. The molecule has 0 rings (SSSR count). The Morgan fingerprint density at radius 3 is 2.00 bits per heavy atom. The molecule has 0 aromatic heterocycles. The van der Waals surface area contributed by atoms with Gasteiger partial charge in [-0.05, 0) is 37.7 Å². The van der Waals surface area contributed by atoms with E-state index in [1.807, 2.05) is 19.9 Å². The van der Waals surface area contributed by atoms with Crippen molar-refractivity contribution in [1.29, 1.82) is 0 Å². The fourth-order valence-corrected chi connectivity index (χ4v) is 4.75. The van der Waals surface area contributed by atoms with Gasteiger partial charge in [0.15, 0.2) is 0 Å². The third-order valence-electron chi connectivity index (χ3n) is 6.76. The van der Waals surface area contributed by atoms with Crippen molar-refractivity contribution in [2.24, 2.45) is 17.3 Å². The highest BCUT2D eigenvalue weighted by Crippen LogP contribution is 2.27. The second-order valence-electron chi connectivity index (χ2n) is 12.8. The molecule has 0 saturated heterocycles. The Morgan fingerprint density at radius 1 is 0.913 bits per heavy atom. The van der Waals surface area contributed by atoms with Crippen molar-refractivity contribution in [3.8, 4) is 0 Å². The Kier molecular flexibility index (Phi) is 18.3. The zero-order valence-corrected chi connectivity index (χ0v) is 29.4. The molecular formula is C35H55N3O8. The summed E-state index contributed by atoms with van der Waals surface area (Å²) in [4.78, 5) is 64.7. The molecule has 258 valence electrons. The molecule has 0 aliphatic carbocycles. The lowest BCUT2D eigenvalue weighted by molar-refractivity contribution is -0.150. The summed E-state index contributed by atoms with van der Waals surface area (Å²) in [5.74, 6) is -3.08. The number of hydrogen-bond donors (Lipinski definition) is 2. The fourth-order valence-electron chi connectivity index (χ4n) is 4.75. The lowest BCUT2D eigenvalue weighted by Gasteiger charge is -2.32. The Balaban J connectivity index is 5.85. The van der Waals surface area contributed by atoms with E-state index in [0.717, 1.165) is 11.1 Å². The smallest absolute Gasteiger partial charge is 0.408 e. The molecule has 0 radical (unpaired) electrons. The third-order valence-corrected chi connectivity index (χ3v) is 6.76. The highest BCUT2D eigenvalue weighted by molar-refractivity contribution is 5.92.